The van der Waals surface area contributed by atoms with Crippen molar-refractivity contribution in [2.45, 2.75) is 47.6 Å². The molecule has 1 aliphatic heterocycles. The molecule has 6 heteroatoms. The number of nitrogens with zero attached hydrogens (tertiary/aromatic N) is 2. The Hall–Kier alpha value is -3.12. The van der Waals surface area contributed by atoms with Crippen molar-refractivity contribution in [2.24, 2.45) is 5.92 Å². The van der Waals surface area contributed by atoms with Crippen LogP contribution >= 0.6 is 0 Å². The minimum absolute atomic E-state index is 0.136. The molecular weight excluding hydrogens is 440 g/mol. The van der Waals surface area contributed by atoms with E-state index in [2.05, 4.69) is 32.6 Å². The maximum Gasteiger partial charge on any atom is 0.295 e. The highest BCUT2D eigenvalue weighted by Gasteiger charge is 2.46. The van der Waals surface area contributed by atoms with E-state index < -0.39 is 17.7 Å². The smallest absolute Gasteiger partial charge is 0.295 e. The van der Waals surface area contributed by atoms with Crippen LogP contribution in [0.3, 0.4) is 0 Å². The molecule has 1 fully saturated rings. The maximum atomic E-state index is 13.3. The summed E-state index contributed by atoms with van der Waals surface area (Å²) in [5.41, 5.74) is 3.34. The van der Waals surface area contributed by atoms with E-state index in [0.29, 0.717) is 36.9 Å². The van der Waals surface area contributed by atoms with Crippen molar-refractivity contribution < 1.29 is 19.4 Å². The van der Waals surface area contributed by atoms with Gasteiger partial charge in [0.2, 0.25) is 0 Å². The molecule has 2 aromatic rings. The Balaban J connectivity index is 2.05. The first kappa shape index (κ1) is 26.5. The van der Waals surface area contributed by atoms with E-state index in [4.69, 9.17) is 4.74 Å². The molecule has 1 saturated heterocycles. The average Bonchev–Trinajstić information content (AvgIpc) is 3.08. The number of hydrogen-bond acceptors (Lipinski definition) is 5. The van der Waals surface area contributed by atoms with E-state index in [-0.39, 0.29) is 11.3 Å². The van der Waals surface area contributed by atoms with E-state index >= 15 is 0 Å². The summed E-state index contributed by atoms with van der Waals surface area (Å²) in [6.07, 6.45) is 0. The summed E-state index contributed by atoms with van der Waals surface area (Å²) in [4.78, 5) is 30.3. The van der Waals surface area contributed by atoms with Gasteiger partial charge in [-0.3, -0.25) is 9.59 Å². The van der Waals surface area contributed by atoms with E-state index in [1.54, 1.807) is 17.0 Å². The molecule has 3 rings (SSSR count). The summed E-state index contributed by atoms with van der Waals surface area (Å²) >= 11 is 0. The van der Waals surface area contributed by atoms with Crippen LogP contribution in [0.5, 0.6) is 5.75 Å². The van der Waals surface area contributed by atoms with Crippen LogP contribution in [0, 0.1) is 19.8 Å². The number of ether oxygens (including phenoxy) is 1. The van der Waals surface area contributed by atoms with Gasteiger partial charge in [0.05, 0.1) is 18.2 Å². The highest BCUT2D eigenvalue weighted by molar-refractivity contribution is 6.46. The number of likely N-dealkylation sites (tertiary alicyclic amines) is 1. The normalized spacial score (nSPS) is 17.6. The first-order valence-corrected chi connectivity index (χ1v) is 12.5. The van der Waals surface area contributed by atoms with Crippen LogP contribution < -0.4 is 4.74 Å². The topological polar surface area (TPSA) is 70.1 Å². The van der Waals surface area contributed by atoms with Gasteiger partial charge in [-0.1, -0.05) is 57.5 Å². The lowest BCUT2D eigenvalue weighted by Gasteiger charge is -2.28. The van der Waals surface area contributed by atoms with Crippen LogP contribution in [-0.2, 0) is 9.59 Å². The Morgan fingerprint density at radius 3 is 2.29 bits per heavy atom. The third-order valence-electron chi connectivity index (χ3n) is 6.52. The van der Waals surface area contributed by atoms with Gasteiger partial charge < -0.3 is 19.6 Å². The van der Waals surface area contributed by atoms with Crippen LogP contribution in [0.25, 0.3) is 5.76 Å². The largest absolute Gasteiger partial charge is 0.507 e. The van der Waals surface area contributed by atoms with Gasteiger partial charge in [-0.2, -0.15) is 0 Å². The van der Waals surface area contributed by atoms with Crippen molar-refractivity contribution in [3.05, 3.63) is 70.3 Å². The van der Waals surface area contributed by atoms with Gasteiger partial charge in [0.1, 0.15) is 11.5 Å². The Morgan fingerprint density at radius 2 is 1.71 bits per heavy atom. The van der Waals surface area contributed by atoms with Crippen molar-refractivity contribution in [3.8, 4) is 5.75 Å². The Labute approximate surface area is 209 Å². The van der Waals surface area contributed by atoms with Crippen LogP contribution in [0.1, 0.15) is 56.0 Å². The van der Waals surface area contributed by atoms with Crippen molar-refractivity contribution in [2.75, 3.05) is 32.8 Å². The summed E-state index contributed by atoms with van der Waals surface area (Å²) in [6.45, 7) is 15.6. The Morgan fingerprint density at radius 1 is 1.06 bits per heavy atom. The molecule has 0 bridgehead atoms. The fourth-order valence-corrected chi connectivity index (χ4v) is 4.39. The molecule has 0 spiro atoms. The molecule has 1 N–H and O–H groups in total. The molecule has 1 heterocycles. The van der Waals surface area contributed by atoms with Gasteiger partial charge >= 0.3 is 0 Å². The highest BCUT2D eigenvalue weighted by Crippen LogP contribution is 2.40. The zero-order valence-corrected chi connectivity index (χ0v) is 21.8. The lowest BCUT2D eigenvalue weighted by atomic mass is 9.93. The van der Waals surface area contributed by atoms with Crippen LogP contribution in [0.2, 0.25) is 0 Å². The predicted molar refractivity (Wildman–Crippen MR) is 139 cm³/mol. The summed E-state index contributed by atoms with van der Waals surface area (Å²) in [5.74, 6) is -0.258. The molecule has 1 atom stereocenters. The number of aliphatic hydroxyl groups is 1. The number of carbonyl (C=O) groups excluding carboxylic acids is 2. The number of ketones is 1. The van der Waals surface area contributed by atoms with Gasteiger partial charge in [-0.05, 0) is 62.2 Å². The van der Waals surface area contributed by atoms with E-state index in [0.717, 1.165) is 29.8 Å². The quantitative estimate of drug-likeness (QED) is 0.292. The van der Waals surface area contributed by atoms with Crippen molar-refractivity contribution in [3.63, 3.8) is 0 Å². The van der Waals surface area contributed by atoms with Crippen LogP contribution in [0.15, 0.2) is 48.0 Å². The molecule has 1 aliphatic rings. The molecule has 2 aromatic carbocycles. The lowest BCUT2D eigenvalue weighted by molar-refractivity contribution is -0.140. The first-order chi connectivity index (χ1) is 16.7. The van der Waals surface area contributed by atoms with Crippen molar-refractivity contribution in [1.82, 2.24) is 9.80 Å². The third kappa shape index (κ3) is 5.93. The molecule has 0 aromatic heterocycles. The Bertz CT molecular complexity index is 1080. The number of aryl methyl sites for hydroxylation is 2. The number of amides is 1. The number of likely N-dealkylation sites (N-methyl/N-ethyl adjacent to an activating group) is 1. The second-order valence-corrected chi connectivity index (χ2v) is 9.61. The van der Waals surface area contributed by atoms with E-state index in [1.165, 1.54) is 0 Å². The van der Waals surface area contributed by atoms with E-state index in [9.17, 15) is 14.7 Å². The molecule has 35 heavy (non-hydrogen) atoms. The summed E-state index contributed by atoms with van der Waals surface area (Å²) < 4.78 is 5.81. The second-order valence-electron chi connectivity index (χ2n) is 9.61. The minimum Gasteiger partial charge on any atom is -0.507 e. The van der Waals surface area contributed by atoms with Gasteiger partial charge in [0.15, 0.2) is 0 Å². The van der Waals surface area contributed by atoms with E-state index in [1.807, 2.05) is 44.2 Å². The average molecular weight is 479 g/mol. The van der Waals surface area contributed by atoms with Gasteiger partial charge in [0.25, 0.3) is 11.7 Å². The molecule has 0 aliphatic carbocycles. The predicted octanol–water partition coefficient (Wildman–Crippen LogP) is 5.10. The number of carbonyl (C=O) groups is 2. The fraction of sp³-hybridized carbons (Fsp3) is 0.448. The lowest BCUT2D eigenvalue weighted by Crippen LogP contribution is -2.38. The molecule has 0 radical (unpaired) electrons. The number of rotatable bonds is 10. The SMILES string of the molecule is CCN(CC)CCN1C(=O)C(=O)/C(=C(/O)c2ccc(OCC(C)C)cc2C)[C@H]1c1ccc(C)cc1. The summed E-state index contributed by atoms with van der Waals surface area (Å²) in [6, 6.07) is 12.6. The zero-order chi connectivity index (χ0) is 25.7. The summed E-state index contributed by atoms with van der Waals surface area (Å²) in [7, 11) is 0. The highest BCUT2D eigenvalue weighted by atomic mass is 16.5. The Kier molecular flexibility index (Phi) is 8.73. The maximum absolute atomic E-state index is 13.3. The number of hydrogen-bond donors (Lipinski definition) is 1. The van der Waals surface area contributed by atoms with Gasteiger partial charge in [-0.15, -0.1) is 0 Å². The number of Topliss-reactive ketones (excluding diaryl/α,β-unsaturated/α-hetero) is 1. The molecule has 1 amide bonds. The molecule has 0 unspecified atom stereocenters. The second kappa shape index (κ2) is 11.5. The molecule has 6 nitrogen and oxygen atoms in total. The third-order valence-corrected chi connectivity index (χ3v) is 6.52. The minimum atomic E-state index is -0.646. The van der Waals surface area contributed by atoms with Gasteiger partial charge in [-0.25, -0.2) is 0 Å². The van der Waals surface area contributed by atoms with Crippen molar-refractivity contribution >= 4 is 17.4 Å². The standard InChI is InChI=1S/C29H38N2O4/c1-7-30(8-2)15-16-31-26(22-11-9-20(5)10-12-22)25(28(33)29(31)34)27(32)24-14-13-23(17-21(24)6)35-18-19(3)4/h9-14,17,19,26,32H,7-8,15-16,18H2,1-6H3/b27-25+/t26-/m1/s1. The van der Waals surface area contributed by atoms with Gasteiger partial charge in [0, 0.05) is 18.7 Å². The zero-order valence-electron chi connectivity index (χ0n) is 21.8. The van der Waals surface area contributed by atoms with Crippen LogP contribution in [0.4, 0.5) is 0 Å². The monoisotopic (exact) mass is 478 g/mol. The number of benzene rings is 2. The summed E-state index contributed by atoms with van der Waals surface area (Å²) in [5, 5.41) is 11.4. The molecular formula is C29H38N2O4. The van der Waals surface area contributed by atoms with Crippen LogP contribution in [-0.4, -0.2) is 59.4 Å². The number of aliphatic hydroxyl groups excluding tert-OH is 1. The first-order valence-electron chi connectivity index (χ1n) is 12.5. The fourth-order valence-electron chi connectivity index (χ4n) is 4.39. The molecule has 188 valence electrons. The van der Waals surface area contributed by atoms with Crippen molar-refractivity contribution in [1.29, 1.82) is 0 Å². The molecule has 0 saturated carbocycles.